The van der Waals surface area contributed by atoms with Gasteiger partial charge in [0.05, 0.1) is 33.8 Å². The van der Waals surface area contributed by atoms with E-state index in [0.29, 0.717) is 34.3 Å². The van der Waals surface area contributed by atoms with E-state index in [4.69, 9.17) is 18.9 Å². The maximum Gasteiger partial charge on any atom is 0.261 e. The number of ether oxygens (including phenoxy) is 4. The van der Waals surface area contributed by atoms with Gasteiger partial charge in [0, 0.05) is 17.0 Å². The highest BCUT2D eigenvalue weighted by Gasteiger charge is 2.27. The number of ketones is 1. The molecule has 6 heteroatoms. The molecule has 0 amide bonds. The van der Waals surface area contributed by atoms with Crippen LogP contribution in [0, 0.1) is 0 Å². The maximum absolute atomic E-state index is 13.3. The number of aryl methyl sites for hydroxylation is 1. The Kier molecular flexibility index (Phi) is 5.16. The topological polar surface area (TPSA) is 57.9 Å². The van der Waals surface area contributed by atoms with Crippen LogP contribution in [-0.2, 0) is 7.05 Å². The summed E-state index contributed by atoms with van der Waals surface area (Å²) in [5.74, 6) is 2.10. The summed E-state index contributed by atoms with van der Waals surface area (Å²) in [6.07, 6.45) is 1.83. The molecule has 0 aliphatic rings. The summed E-state index contributed by atoms with van der Waals surface area (Å²) < 4.78 is 23.4. The third-order valence-electron chi connectivity index (χ3n) is 4.51. The van der Waals surface area contributed by atoms with Gasteiger partial charge in [0.15, 0.2) is 17.7 Å². The van der Waals surface area contributed by atoms with Crippen LogP contribution in [0.25, 0.3) is 10.8 Å². The molecule has 0 unspecified atom stereocenters. The molecule has 0 bridgehead atoms. The number of rotatable bonds is 6. The molecule has 3 aromatic rings. The monoisotopic (exact) mass is 368 g/mol. The van der Waals surface area contributed by atoms with Gasteiger partial charge in [-0.1, -0.05) is 0 Å². The zero-order valence-corrected chi connectivity index (χ0v) is 16.0. The molecule has 0 fully saturated rings. The Morgan fingerprint density at radius 3 is 2.04 bits per heavy atom. The van der Waals surface area contributed by atoms with Gasteiger partial charge in [-0.3, -0.25) is 4.79 Å². The maximum atomic E-state index is 13.3. The molecule has 0 saturated carbocycles. The quantitative estimate of drug-likeness (QED) is 0.495. The van der Waals surface area contributed by atoms with E-state index in [-0.39, 0.29) is 5.78 Å². The molecule has 0 saturated heterocycles. The number of methoxy groups -OCH3 is 4. The van der Waals surface area contributed by atoms with Crippen molar-refractivity contribution < 1.29 is 28.3 Å². The molecule has 0 atom stereocenters. The molecule has 0 radical (unpaired) electrons. The number of hydrogen-bond donors (Lipinski definition) is 0. The fourth-order valence-electron chi connectivity index (χ4n) is 3.15. The van der Waals surface area contributed by atoms with Crippen LogP contribution in [0.1, 0.15) is 16.1 Å². The third-order valence-corrected chi connectivity index (χ3v) is 4.51. The minimum absolute atomic E-state index is 0.111. The second-order valence-corrected chi connectivity index (χ2v) is 5.94. The fourth-order valence-corrected chi connectivity index (χ4v) is 3.15. The number of carbonyl (C=O) groups excluding carboxylic acids is 1. The molecule has 0 N–H and O–H groups in total. The molecule has 27 heavy (non-hydrogen) atoms. The van der Waals surface area contributed by atoms with Crippen molar-refractivity contribution in [1.82, 2.24) is 0 Å². The summed E-state index contributed by atoms with van der Waals surface area (Å²) in [6.45, 7) is 0. The highest BCUT2D eigenvalue weighted by molar-refractivity contribution is 6.15. The average Bonchev–Trinajstić information content (AvgIpc) is 2.71. The normalized spacial score (nSPS) is 10.6. The smallest absolute Gasteiger partial charge is 0.261 e. The van der Waals surface area contributed by atoms with Crippen molar-refractivity contribution in [2.24, 2.45) is 7.05 Å². The van der Waals surface area contributed by atoms with E-state index >= 15 is 0 Å². The van der Waals surface area contributed by atoms with E-state index in [1.54, 1.807) is 63.3 Å². The SMILES string of the molecule is COc1ccc(C(=O)c2c3cc(OC)c(OC)c(OC)c3cc[n+]2C)cc1. The second kappa shape index (κ2) is 7.53. The molecule has 1 aromatic heterocycles. The van der Waals surface area contributed by atoms with Crippen LogP contribution >= 0.6 is 0 Å². The van der Waals surface area contributed by atoms with E-state index in [9.17, 15) is 4.79 Å². The van der Waals surface area contributed by atoms with Crippen molar-refractivity contribution in [3.05, 3.63) is 53.9 Å². The molecule has 0 spiro atoms. The van der Waals surface area contributed by atoms with Crippen molar-refractivity contribution in [2.75, 3.05) is 28.4 Å². The number of hydrogen-bond acceptors (Lipinski definition) is 5. The van der Waals surface area contributed by atoms with Gasteiger partial charge < -0.3 is 18.9 Å². The second-order valence-electron chi connectivity index (χ2n) is 5.94. The van der Waals surface area contributed by atoms with Gasteiger partial charge in [0.2, 0.25) is 5.75 Å². The fraction of sp³-hybridized carbons (Fsp3) is 0.238. The molecular weight excluding hydrogens is 346 g/mol. The van der Waals surface area contributed by atoms with Gasteiger partial charge >= 0.3 is 0 Å². The summed E-state index contributed by atoms with van der Waals surface area (Å²) in [7, 11) is 8.09. The van der Waals surface area contributed by atoms with Crippen LogP contribution in [0.2, 0.25) is 0 Å². The summed E-state index contributed by atoms with van der Waals surface area (Å²) in [5, 5.41) is 1.49. The summed E-state index contributed by atoms with van der Waals surface area (Å²) in [5.41, 5.74) is 1.09. The summed E-state index contributed by atoms with van der Waals surface area (Å²) in [6, 6.07) is 10.7. The lowest BCUT2D eigenvalue weighted by Crippen LogP contribution is -2.36. The molecule has 0 aliphatic heterocycles. The highest BCUT2D eigenvalue weighted by Crippen LogP contribution is 2.43. The van der Waals surface area contributed by atoms with Crippen molar-refractivity contribution in [3.63, 3.8) is 0 Å². The standard InChI is InChI=1S/C21H22NO5/c1-22-11-10-15-16(12-17(25-3)21(27-5)20(15)26-4)18(22)19(23)13-6-8-14(24-2)9-7-13/h6-12H,1-5H3/q+1. The Hall–Kier alpha value is -3.28. The predicted molar refractivity (Wildman–Crippen MR) is 101 cm³/mol. The number of nitrogens with zero attached hydrogens (tertiary/aromatic N) is 1. The first-order valence-electron chi connectivity index (χ1n) is 8.35. The molecule has 2 aromatic carbocycles. The van der Waals surface area contributed by atoms with Gasteiger partial charge in [-0.25, -0.2) is 0 Å². The van der Waals surface area contributed by atoms with Gasteiger partial charge in [0.25, 0.3) is 11.5 Å². The van der Waals surface area contributed by atoms with Gasteiger partial charge in [0.1, 0.15) is 12.8 Å². The molecule has 0 aliphatic carbocycles. The zero-order chi connectivity index (χ0) is 19.6. The van der Waals surface area contributed by atoms with Crippen molar-refractivity contribution >= 4 is 16.6 Å². The minimum Gasteiger partial charge on any atom is -0.497 e. The Morgan fingerprint density at radius 1 is 0.815 bits per heavy atom. The predicted octanol–water partition coefficient (Wildman–Crippen LogP) is 2.93. The van der Waals surface area contributed by atoms with Crippen LogP contribution < -0.4 is 23.5 Å². The Labute approximate surface area is 157 Å². The van der Waals surface area contributed by atoms with Crippen molar-refractivity contribution in [3.8, 4) is 23.0 Å². The van der Waals surface area contributed by atoms with E-state index < -0.39 is 0 Å². The zero-order valence-electron chi connectivity index (χ0n) is 16.0. The Morgan fingerprint density at radius 2 is 1.48 bits per heavy atom. The lowest BCUT2D eigenvalue weighted by Gasteiger charge is -2.15. The van der Waals surface area contributed by atoms with Crippen LogP contribution in [0.3, 0.4) is 0 Å². The van der Waals surface area contributed by atoms with Crippen LogP contribution in [0.5, 0.6) is 23.0 Å². The Balaban J connectivity index is 2.28. The van der Waals surface area contributed by atoms with Crippen LogP contribution in [-0.4, -0.2) is 34.2 Å². The van der Waals surface area contributed by atoms with E-state index in [2.05, 4.69) is 0 Å². The van der Waals surface area contributed by atoms with Crippen LogP contribution in [0.4, 0.5) is 0 Å². The number of benzene rings is 2. The number of aromatic nitrogens is 1. The summed E-state index contributed by atoms with van der Waals surface area (Å²) >= 11 is 0. The van der Waals surface area contributed by atoms with Crippen molar-refractivity contribution in [2.45, 2.75) is 0 Å². The van der Waals surface area contributed by atoms with Gasteiger partial charge in [-0.05, 0) is 30.3 Å². The molecule has 140 valence electrons. The molecule has 3 rings (SSSR count). The minimum atomic E-state index is -0.111. The van der Waals surface area contributed by atoms with Crippen LogP contribution in [0.15, 0.2) is 42.6 Å². The Bertz CT molecular complexity index is 996. The average molecular weight is 368 g/mol. The van der Waals surface area contributed by atoms with Gasteiger partial charge in [-0.2, -0.15) is 4.57 Å². The molecule has 1 heterocycles. The first-order valence-corrected chi connectivity index (χ1v) is 8.35. The first-order chi connectivity index (χ1) is 13.0. The number of fused-ring (bicyclic) bond motifs is 1. The van der Waals surface area contributed by atoms with Crippen molar-refractivity contribution in [1.29, 1.82) is 0 Å². The largest absolute Gasteiger partial charge is 0.497 e. The number of pyridine rings is 1. The lowest BCUT2D eigenvalue weighted by molar-refractivity contribution is -0.671. The van der Waals surface area contributed by atoms with E-state index in [1.165, 1.54) is 0 Å². The van der Waals surface area contributed by atoms with E-state index in [1.807, 2.05) is 19.3 Å². The highest BCUT2D eigenvalue weighted by atomic mass is 16.5. The first kappa shape index (κ1) is 18.5. The van der Waals surface area contributed by atoms with Gasteiger partial charge in [-0.15, -0.1) is 0 Å². The van der Waals surface area contributed by atoms with E-state index in [0.717, 1.165) is 10.8 Å². The lowest BCUT2D eigenvalue weighted by atomic mass is 10.0. The third kappa shape index (κ3) is 3.14. The summed E-state index contributed by atoms with van der Waals surface area (Å²) in [4.78, 5) is 13.3. The molecule has 6 nitrogen and oxygen atoms in total. The number of carbonyl (C=O) groups is 1. The molecular formula is C21H22NO5+.